The number of hydrogen-bond acceptors (Lipinski definition) is 13. The molecule has 2 aromatic rings. The van der Waals surface area contributed by atoms with Crippen molar-refractivity contribution >= 4 is 29.7 Å². The summed E-state index contributed by atoms with van der Waals surface area (Å²) in [6, 6.07) is 10.9. The van der Waals surface area contributed by atoms with E-state index >= 15 is 0 Å². The van der Waals surface area contributed by atoms with Gasteiger partial charge in [0, 0.05) is 40.2 Å². The SMILES string of the molecule is CC(=O)OC[C@H]1O[C@@H](Oc2ccc(C(=O)Cc3ccc(OC(C)C)cc3)c(O)c2)[C@@H](OC(C)=O)[C@@H](OC(C)=O)[C@@H]1OC(C)=O. The molecule has 44 heavy (non-hydrogen) atoms. The van der Waals surface area contributed by atoms with E-state index < -0.39 is 66.9 Å². The maximum absolute atomic E-state index is 13.0. The Bertz CT molecular complexity index is 1350. The predicted molar refractivity (Wildman–Crippen MR) is 151 cm³/mol. The molecule has 0 amide bonds. The highest BCUT2D eigenvalue weighted by atomic mass is 16.7. The molecule has 1 fully saturated rings. The first-order valence-corrected chi connectivity index (χ1v) is 13.8. The number of benzene rings is 2. The van der Waals surface area contributed by atoms with E-state index in [4.69, 9.17) is 33.2 Å². The minimum atomic E-state index is -1.50. The van der Waals surface area contributed by atoms with E-state index in [2.05, 4.69) is 0 Å². The van der Waals surface area contributed by atoms with Crippen LogP contribution < -0.4 is 9.47 Å². The van der Waals surface area contributed by atoms with Crippen molar-refractivity contribution in [2.24, 2.45) is 0 Å². The van der Waals surface area contributed by atoms with Gasteiger partial charge in [0.1, 0.15) is 30.0 Å². The largest absolute Gasteiger partial charge is 0.507 e. The summed E-state index contributed by atoms with van der Waals surface area (Å²) in [7, 11) is 0. The third-order valence-electron chi connectivity index (χ3n) is 6.13. The van der Waals surface area contributed by atoms with Crippen molar-refractivity contribution in [3.05, 3.63) is 53.6 Å². The number of rotatable bonds is 12. The third-order valence-corrected chi connectivity index (χ3v) is 6.13. The molecule has 0 radical (unpaired) electrons. The third kappa shape index (κ3) is 9.69. The molecule has 5 atom stereocenters. The van der Waals surface area contributed by atoms with Gasteiger partial charge in [0.15, 0.2) is 18.0 Å². The highest BCUT2D eigenvalue weighted by Crippen LogP contribution is 2.33. The molecule has 238 valence electrons. The Labute approximate surface area is 254 Å². The molecule has 13 nitrogen and oxygen atoms in total. The number of ether oxygens (including phenoxy) is 7. The zero-order valence-corrected chi connectivity index (χ0v) is 25.3. The lowest BCUT2D eigenvalue weighted by Crippen LogP contribution is -2.63. The van der Waals surface area contributed by atoms with E-state index in [9.17, 15) is 29.1 Å². The summed E-state index contributed by atoms with van der Waals surface area (Å²) in [6.45, 7) is 7.85. The van der Waals surface area contributed by atoms with Crippen LogP contribution in [0.15, 0.2) is 42.5 Å². The molecule has 1 saturated heterocycles. The van der Waals surface area contributed by atoms with Gasteiger partial charge >= 0.3 is 23.9 Å². The average molecular weight is 617 g/mol. The molecule has 1 aliphatic rings. The van der Waals surface area contributed by atoms with E-state index in [1.807, 2.05) is 13.8 Å². The fraction of sp³-hybridized carbons (Fsp3) is 0.452. The summed E-state index contributed by atoms with van der Waals surface area (Å²) < 4.78 is 38.6. The van der Waals surface area contributed by atoms with Gasteiger partial charge in [0.05, 0.1) is 11.7 Å². The minimum Gasteiger partial charge on any atom is -0.507 e. The van der Waals surface area contributed by atoms with Crippen LogP contribution in [0.4, 0.5) is 0 Å². The number of aromatic hydroxyl groups is 1. The summed E-state index contributed by atoms with van der Waals surface area (Å²) in [5.41, 5.74) is 0.740. The summed E-state index contributed by atoms with van der Waals surface area (Å²) >= 11 is 0. The molecule has 1 aliphatic heterocycles. The van der Waals surface area contributed by atoms with Gasteiger partial charge in [-0.2, -0.15) is 0 Å². The van der Waals surface area contributed by atoms with Crippen molar-refractivity contribution in [2.45, 2.75) is 84.8 Å². The van der Waals surface area contributed by atoms with E-state index in [1.165, 1.54) is 18.2 Å². The Hall–Kier alpha value is -4.65. The molecule has 2 aromatic carbocycles. The number of phenols is 1. The van der Waals surface area contributed by atoms with Crippen LogP contribution in [-0.2, 0) is 49.3 Å². The Morgan fingerprint density at radius 2 is 1.34 bits per heavy atom. The summed E-state index contributed by atoms with van der Waals surface area (Å²) in [6.07, 6.45) is -6.92. The van der Waals surface area contributed by atoms with Gasteiger partial charge in [0.25, 0.3) is 0 Å². The normalized spacial score (nSPS) is 21.1. The standard InChI is InChI=1S/C31H36O13/c1-16(2)39-22-9-7-21(8-10-22)13-25(36)24-12-11-23(14-26(24)37)43-31-30(42-20(6)35)29(41-19(5)34)28(40-18(4)33)27(44-31)15-38-17(3)32/h7-12,14,16,27-31,37H,13,15H2,1-6H3/t27-,28-,29+,30+,31-/m1/s1. The molecule has 0 aliphatic carbocycles. The van der Waals surface area contributed by atoms with Crippen molar-refractivity contribution in [2.75, 3.05) is 6.61 Å². The highest BCUT2D eigenvalue weighted by Gasteiger charge is 2.53. The first kappa shape index (κ1) is 33.8. The van der Waals surface area contributed by atoms with E-state index in [1.54, 1.807) is 24.3 Å². The quantitative estimate of drug-likeness (QED) is 0.210. The van der Waals surface area contributed by atoms with Gasteiger partial charge < -0.3 is 38.3 Å². The van der Waals surface area contributed by atoms with Crippen molar-refractivity contribution in [1.82, 2.24) is 0 Å². The molecule has 0 aromatic heterocycles. The zero-order valence-electron chi connectivity index (χ0n) is 25.3. The zero-order chi connectivity index (χ0) is 32.6. The van der Waals surface area contributed by atoms with Crippen molar-refractivity contribution in [3.63, 3.8) is 0 Å². The second-order valence-corrected chi connectivity index (χ2v) is 10.3. The number of carbonyl (C=O) groups excluding carboxylic acids is 5. The van der Waals surface area contributed by atoms with Crippen molar-refractivity contribution in [1.29, 1.82) is 0 Å². The minimum absolute atomic E-state index is 0.00450. The van der Waals surface area contributed by atoms with Crippen LogP contribution in [0.2, 0.25) is 0 Å². The second-order valence-electron chi connectivity index (χ2n) is 10.3. The molecule has 0 unspecified atom stereocenters. The van der Waals surface area contributed by atoms with Gasteiger partial charge in [-0.05, 0) is 43.7 Å². The number of esters is 4. The molecular formula is C31H36O13. The topological polar surface area (TPSA) is 170 Å². The molecular weight excluding hydrogens is 580 g/mol. The molecule has 1 heterocycles. The predicted octanol–water partition coefficient (Wildman–Crippen LogP) is 3.07. The molecule has 0 saturated carbocycles. The molecule has 3 rings (SSSR count). The lowest BCUT2D eigenvalue weighted by atomic mass is 9.98. The summed E-state index contributed by atoms with van der Waals surface area (Å²) in [4.78, 5) is 60.4. The maximum atomic E-state index is 13.0. The monoisotopic (exact) mass is 616 g/mol. The number of ketones is 1. The van der Waals surface area contributed by atoms with Crippen LogP contribution in [0.3, 0.4) is 0 Å². The number of hydrogen-bond donors (Lipinski definition) is 1. The van der Waals surface area contributed by atoms with Gasteiger partial charge in [-0.15, -0.1) is 0 Å². The summed E-state index contributed by atoms with van der Waals surface area (Å²) in [5.74, 6) is -3.11. The van der Waals surface area contributed by atoms with Crippen LogP contribution in [0.1, 0.15) is 57.5 Å². The Morgan fingerprint density at radius 3 is 1.89 bits per heavy atom. The number of Topliss-reactive ketones (excluding diaryl/α,β-unsaturated/α-hetero) is 1. The second kappa shape index (κ2) is 15.2. The maximum Gasteiger partial charge on any atom is 0.303 e. The van der Waals surface area contributed by atoms with Crippen molar-refractivity contribution in [3.8, 4) is 17.2 Å². The molecule has 1 N–H and O–H groups in total. The van der Waals surface area contributed by atoms with E-state index in [0.29, 0.717) is 11.3 Å². The number of phenolic OH excluding ortho intramolecular Hbond substituents is 1. The van der Waals surface area contributed by atoms with Crippen LogP contribution in [0.5, 0.6) is 17.2 Å². The van der Waals surface area contributed by atoms with Gasteiger partial charge in [-0.1, -0.05) is 12.1 Å². The van der Waals surface area contributed by atoms with Gasteiger partial charge in [-0.25, -0.2) is 0 Å². The smallest absolute Gasteiger partial charge is 0.303 e. The fourth-order valence-corrected chi connectivity index (χ4v) is 4.48. The highest BCUT2D eigenvalue weighted by molar-refractivity contribution is 6.00. The van der Waals surface area contributed by atoms with Crippen molar-refractivity contribution < 1.29 is 62.2 Å². The fourth-order valence-electron chi connectivity index (χ4n) is 4.48. The Kier molecular flexibility index (Phi) is 11.7. The average Bonchev–Trinajstić information content (AvgIpc) is 2.91. The van der Waals surface area contributed by atoms with Crippen LogP contribution >= 0.6 is 0 Å². The Balaban J connectivity index is 1.86. The van der Waals surface area contributed by atoms with E-state index in [0.717, 1.165) is 27.7 Å². The molecule has 0 bridgehead atoms. The van der Waals surface area contributed by atoms with Crippen LogP contribution in [0.25, 0.3) is 0 Å². The number of carbonyl (C=O) groups is 5. The lowest BCUT2D eigenvalue weighted by molar-refractivity contribution is -0.288. The first-order valence-electron chi connectivity index (χ1n) is 13.8. The molecule has 13 heteroatoms. The van der Waals surface area contributed by atoms with E-state index in [-0.39, 0.29) is 29.6 Å². The van der Waals surface area contributed by atoms with Crippen LogP contribution in [-0.4, -0.2) is 78.2 Å². The molecule has 0 spiro atoms. The van der Waals surface area contributed by atoms with Crippen LogP contribution in [0, 0.1) is 0 Å². The first-order chi connectivity index (χ1) is 20.7. The Morgan fingerprint density at radius 1 is 0.773 bits per heavy atom. The van der Waals surface area contributed by atoms with Gasteiger partial charge in [0.2, 0.25) is 12.4 Å². The van der Waals surface area contributed by atoms with Gasteiger partial charge in [-0.3, -0.25) is 24.0 Å². The lowest BCUT2D eigenvalue weighted by Gasteiger charge is -2.43. The summed E-state index contributed by atoms with van der Waals surface area (Å²) in [5, 5.41) is 10.7.